The molecular weight excluding hydrogens is 252 g/mol. The molecule has 99 valence electrons. The van der Waals surface area contributed by atoms with Gasteiger partial charge in [-0.05, 0) is 24.5 Å². The van der Waals surface area contributed by atoms with E-state index in [4.69, 9.17) is 0 Å². The summed E-state index contributed by atoms with van der Waals surface area (Å²) in [5.74, 6) is 0.197. The maximum Gasteiger partial charge on any atom is 0.254 e. The van der Waals surface area contributed by atoms with Gasteiger partial charge in [-0.25, -0.2) is 9.67 Å². The number of rotatable bonds is 4. The van der Waals surface area contributed by atoms with E-state index < -0.39 is 0 Å². The molecule has 0 unspecified atom stereocenters. The van der Waals surface area contributed by atoms with Gasteiger partial charge in [0, 0.05) is 12.4 Å². The van der Waals surface area contributed by atoms with E-state index in [1.54, 1.807) is 18.5 Å². The Labute approximate surface area is 116 Å². The molecule has 0 aliphatic rings. The third-order valence-corrected chi connectivity index (χ3v) is 2.90. The van der Waals surface area contributed by atoms with E-state index in [0.29, 0.717) is 18.1 Å². The summed E-state index contributed by atoms with van der Waals surface area (Å²) in [6.45, 7) is 0. The monoisotopic (exact) mass is 265 g/mol. The average Bonchev–Trinajstić information content (AvgIpc) is 3.00. The van der Waals surface area contributed by atoms with Gasteiger partial charge in [-0.2, -0.15) is 10.1 Å². The summed E-state index contributed by atoms with van der Waals surface area (Å²) in [5.41, 5.74) is 1.89. The van der Waals surface area contributed by atoms with Crippen LogP contribution in [0.3, 0.4) is 0 Å². The fourth-order valence-corrected chi connectivity index (χ4v) is 1.94. The number of benzene rings is 1. The Kier molecular flexibility index (Phi) is 3.41. The molecule has 0 aliphatic heterocycles. The fraction of sp³-hybridized carbons (Fsp3) is 0.133. The number of hydrogen-bond donors (Lipinski definition) is 1. The highest BCUT2D eigenvalue weighted by atomic mass is 16.3. The van der Waals surface area contributed by atoms with E-state index in [1.807, 2.05) is 18.2 Å². The van der Waals surface area contributed by atoms with Gasteiger partial charge in [-0.1, -0.05) is 30.3 Å². The van der Waals surface area contributed by atoms with Crippen molar-refractivity contribution in [2.75, 3.05) is 0 Å². The Morgan fingerprint density at radius 1 is 1.05 bits per heavy atom. The first-order chi connectivity index (χ1) is 9.81. The molecule has 0 atom stereocenters. The van der Waals surface area contributed by atoms with Crippen molar-refractivity contribution < 1.29 is 5.11 Å². The Morgan fingerprint density at radius 3 is 2.65 bits per heavy atom. The van der Waals surface area contributed by atoms with Crippen molar-refractivity contribution in [1.82, 2.24) is 19.7 Å². The van der Waals surface area contributed by atoms with Gasteiger partial charge in [0.2, 0.25) is 5.88 Å². The lowest BCUT2D eigenvalue weighted by molar-refractivity contribution is 0.447. The zero-order chi connectivity index (χ0) is 13.8. The highest BCUT2D eigenvalue weighted by molar-refractivity contribution is 5.22. The molecule has 3 rings (SSSR count). The first-order valence-corrected chi connectivity index (χ1v) is 6.34. The molecule has 0 saturated heterocycles. The SMILES string of the molecule is Oc1[c]c(CCc2ccccc2)nc(-n2cccn2)n1. The van der Waals surface area contributed by atoms with Gasteiger partial charge in [-0.3, -0.25) is 0 Å². The molecule has 5 heteroatoms. The number of aromatic hydroxyl groups is 1. The van der Waals surface area contributed by atoms with E-state index in [9.17, 15) is 5.11 Å². The number of aromatic nitrogens is 4. The summed E-state index contributed by atoms with van der Waals surface area (Å²) in [5, 5.41) is 13.7. The van der Waals surface area contributed by atoms with Crippen LogP contribution in [0.25, 0.3) is 5.95 Å². The normalized spacial score (nSPS) is 10.6. The molecule has 2 heterocycles. The molecule has 1 aromatic carbocycles. The molecule has 0 saturated carbocycles. The molecule has 0 bridgehead atoms. The number of nitrogens with zero attached hydrogens (tertiary/aromatic N) is 4. The molecule has 2 aromatic heterocycles. The van der Waals surface area contributed by atoms with E-state index in [-0.39, 0.29) is 5.88 Å². The Morgan fingerprint density at radius 2 is 1.90 bits per heavy atom. The smallest absolute Gasteiger partial charge is 0.254 e. The van der Waals surface area contributed by atoms with E-state index >= 15 is 0 Å². The minimum Gasteiger partial charge on any atom is -0.493 e. The third kappa shape index (κ3) is 2.83. The van der Waals surface area contributed by atoms with Crippen LogP contribution in [-0.2, 0) is 12.8 Å². The molecular formula is C15H13N4O. The Balaban J connectivity index is 1.80. The Hall–Kier alpha value is -2.69. The van der Waals surface area contributed by atoms with Crippen LogP contribution >= 0.6 is 0 Å². The van der Waals surface area contributed by atoms with Gasteiger partial charge in [0.15, 0.2) is 0 Å². The van der Waals surface area contributed by atoms with Gasteiger partial charge in [0.1, 0.15) is 0 Å². The summed E-state index contributed by atoms with van der Waals surface area (Å²) in [6.07, 6.45) is 4.90. The van der Waals surface area contributed by atoms with Gasteiger partial charge < -0.3 is 5.11 Å². The third-order valence-electron chi connectivity index (χ3n) is 2.90. The Bertz CT molecular complexity index is 680. The van der Waals surface area contributed by atoms with E-state index in [0.717, 1.165) is 6.42 Å². The largest absolute Gasteiger partial charge is 0.493 e. The molecule has 0 spiro atoms. The highest BCUT2D eigenvalue weighted by Crippen LogP contribution is 2.11. The van der Waals surface area contributed by atoms with Crippen LogP contribution in [0.15, 0.2) is 48.8 Å². The molecule has 1 radical (unpaired) electrons. The fourth-order valence-electron chi connectivity index (χ4n) is 1.94. The van der Waals surface area contributed by atoms with Crippen LogP contribution in [0.5, 0.6) is 5.88 Å². The number of aryl methyl sites for hydroxylation is 2. The highest BCUT2D eigenvalue weighted by Gasteiger charge is 2.07. The van der Waals surface area contributed by atoms with Crippen molar-refractivity contribution >= 4 is 0 Å². The van der Waals surface area contributed by atoms with E-state index in [2.05, 4.69) is 33.3 Å². The predicted octanol–water partition coefficient (Wildman–Crippen LogP) is 1.95. The zero-order valence-corrected chi connectivity index (χ0v) is 10.8. The van der Waals surface area contributed by atoms with Crippen molar-refractivity contribution in [3.8, 4) is 11.8 Å². The quantitative estimate of drug-likeness (QED) is 0.783. The second kappa shape index (κ2) is 5.52. The molecule has 1 N–H and O–H groups in total. The number of hydrogen-bond acceptors (Lipinski definition) is 4. The van der Waals surface area contributed by atoms with Crippen LogP contribution in [0.2, 0.25) is 0 Å². The van der Waals surface area contributed by atoms with Crippen LogP contribution in [0.4, 0.5) is 0 Å². The standard InChI is InChI=1S/C15H13N4O/c20-14-11-13(8-7-12-5-2-1-3-6-12)17-15(18-14)19-10-4-9-16-19/h1-6,9-10H,7-8H2,(H,17,18,20). The molecule has 20 heavy (non-hydrogen) atoms. The first kappa shape index (κ1) is 12.3. The minimum absolute atomic E-state index is 0.159. The summed E-state index contributed by atoms with van der Waals surface area (Å²) < 4.78 is 1.51. The predicted molar refractivity (Wildman–Crippen MR) is 73.5 cm³/mol. The zero-order valence-electron chi connectivity index (χ0n) is 10.8. The van der Waals surface area contributed by atoms with Crippen molar-refractivity contribution in [2.45, 2.75) is 12.8 Å². The van der Waals surface area contributed by atoms with Crippen LogP contribution in [-0.4, -0.2) is 24.9 Å². The molecule has 0 aliphatic carbocycles. The van der Waals surface area contributed by atoms with E-state index in [1.165, 1.54) is 10.2 Å². The van der Waals surface area contributed by atoms with Crippen LogP contribution in [0, 0.1) is 6.07 Å². The maximum atomic E-state index is 9.64. The lowest BCUT2D eigenvalue weighted by Gasteiger charge is -2.05. The van der Waals surface area contributed by atoms with Crippen molar-refractivity contribution in [3.63, 3.8) is 0 Å². The van der Waals surface area contributed by atoms with Gasteiger partial charge in [0.05, 0.1) is 11.8 Å². The summed E-state index contributed by atoms with van der Waals surface area (Å²) in [4.78, 5) is 8.29. The topological polar surface area (TPSA) is 63.8 Å². The molecule has 0 fully saturated rings. The van der Waals surface area contributed by atoms with Gasteiger partial charge >= 0.3 is 0 Å². The minimum atomic E-state index is -0.159. The molecule has 3 aromatic rings. The average molecular weight is 265 g/mol. The lowest BCUT2D eigenvalue weighted by atomic mass is 10.1. The molecule has 5 nitrogen and oxygen atoms in total. The second-order valence-electron chi connectivity index (χ2n) is 4.36. The maximum absolute atomic E-state index is 9.64. The second-order valence-corrected chi connectivity index (χ2v) is 4.36. The molecule has 0 amide bonds. The first-order valence-electron chi connectivity index (χ1n) is 6.34. The van der Waals surface area contributed by atoms with Crippen molar-refractivity contribution in [3.05, 3.63) is 66.1 Å². The van der Waals surface area contributed by atoms with Crippen molar-refractivity contribution in [1.29, 1.82) is 0 Å². The van der Waals surface area contributed by atoms with Crippen LogP contribution in [0.1, 0.15) is 11.3 Å². The van der Waals surface area contributed by atoms with Gasteiger partial charge in [-0.15, -0.1) is 0 Å². The summed E-state index contributed by atoms with van der Waals surface area (Å²) >= 11 is 0. The van der Waals surface area contributed by atoms with Crippen molar-refractivity contribution in [2.24, 2.45) is 0 Å². The lowest BCUT2D eigenvalue weighted by Crippen LogP contribution is -2.05. The van der Waals surface area contributed by atoms with Crippen LogP contribution < -0.4 is 0 Å². The van der Waals surface area contributed by atoms with Gasteiger partial charge in [0.25, 0.3) is 5.95 Å². The summed E-state index contributed by atoms with van der Waals surface area (Å²) in [7, 11) is 0. The summed E-state index contributed by atoms with van der Waals surface area (Å²) in [6, 6.07) is 14.7.